The average Bonchev–Trinajstić information content (AvgIpc) is 2.78. The lowest BCUT2D eigenvalue weighted by molar-refractivity contribution is 0.756. The molecule has 4 heteroatoms. The molecule has 0 aliphatic carbocycles. The monoisotopic (exact) mass is 243 g/mol. The van der Waals surface area contributed by atoms with Crippen molar-refractivity contribution in [3.05, 3.63) is 35.1 Å². The SMILES string of the molecule is Cc1nc2ccc(-c3cn(C)nc3C)cc2s1. The second-order valence-electron chi connectivity index (χ2n) is 4.22. The van der Waals surface area contributed by atoms with Crippen molar-refractivity contribution in [1.82, 2.24) is 14.8 Å². The number of fused-ring (bicyclic) bond motifs is 1. The summed E-state index contributed by atoms with van der Waals surface area (Å²) in [5.41, 5.74) is 4.55. The zero-order chi connectivity index (χ0) is 12.0. The molecule has 3 nitrogen and oxygen atoms in total. The Labute approximate surface area is 104 Å². The van der Waals surface area contributed by atoms with E-state index in [1.807, 2.05) is 25.6 Å². The van der Waals surface area contributed by atoms with Crippen molar-refractivity contribution in [1.29, 1.82) is 0 Å². The van der Waals surface area contributed by atoms with Gasteiger partial charge in [-0.05, 0) is 31.5 Å². The van der Waals surface area contributed by atoms with Crippen molar-refractivity contribution < 1.29 is 0 Å². The first-order valence-electron chi connectivity index (χ1n) is 5.51. The number of nitrogens with zero attached hydrogens (tertiary/aromatic N) is 3. The minimum Gasteiger partial charge on any atom is -0.275 e. The van der Waals surface area contributed by atoms with E-state index in [1.165, 1.54) is 15.8 Å². The van der Waals surface area contributed by atoms with E-state index in [-0.39, 0.29) is 0 Å². The van der Waals surface area contributed by atoms with Gasteiger partial charge in [0.2, 0.25) is 0 Å². The highest BCUT2D eigenvalue weighted by Gasteiger charge is 2.08. The van der Waals surface area contributed by atoms with E-state index < -0.39 is 0 Å². The first-order chi connectivity index (χ1) is 8.13. The van der Waals surface area contributed by atoms with Crippen molar-refractivity contribution in [2.45, 2.75) is 13.8 Å². The van der Waals surface area contributed by atoms with Gasteiger partial charge in [0, 0.05) is 18.8 Å². The van der Waals surface area contributed by atoms with E-state index in [2.05, 4.69) is 34.5 Å². The molecule has 0 bridgehead atoms. The molecule has 2 aromatic heterocycles. The minimum atomic E-state index is 1.06. The molecular formula is C13H13N3S. The van der Waals surface area contributed by atoms with Crippen LogP contribution < -0.4 is 0 Å². The van der Waals surface area contributed by atoms with Crippen LogP contribution in [-0.4, -0.2) is 14.8 Å². The van der Waals surface area contributed by atoms with Crippen LogP contribution in [0.15, 0.2) is 24.4 Å². The van der Waals surface area contributed by atoms with Crippen molar-refractivity contribution in [3.8, 4) is 11.1 Å². The van der Waals surface area contributed by atoms with Crippen LogP contribution in [-0.2, 0) is 7.05 Å². The molecule has 3 aromatic rings. The van der Waals surface area contributed by atoms with Crippen molar-refractivity contribution in [2.75, 3.05) is 0 Å². The molecule has 0 N–H and O–H groups in total. The highest BCUT2D eigenvalue weighted by Crippen LogP contribution is 2.29. The van der Waals surface area contributed by atoms with Crippen LogP contribution in [0.25, 0.3) is 21.3 Å². The molecular weight excluding hydrogens is 230 g/mol. The fourth-order valence-electron chi connectivity index (χ4n) is 2.09. The molecule has 0 fully saturated rings. The van der Waals surface area contributed by atoms with E-state index >= 15 is 0 Å². The van der Waals surface area contributed by atoms with Gasteiger partial charge < -0.3 is 0 Å². The van der Waals surface area contributed by atoms with Gasteiger partial charge in [-0.3, -0.25) is 4.68 Å². The first-order valence-corrected chi connectivity index (χ1v) is 6.33. The van der Waals surface area contributed by atoms with Crippen molar-refractivity contribution in [3.63, 3.8) is 0 Å². The van der Waals surface area contributed by atoms with Gasteiger partial charge in [-0.15, -0.1) is 11.3 Å². The van der Waals surface area contributed by atoms with Gasteiger partial charge in [0.25, 0.3) is 0 Å². The molecule has 3 rings (SSSR count). The van der Waals surface area contributed by atoms with E-state index in [9.17, 15) is 0 Å². The smallest absolute Gasteiger partial charge is 0.0907 e. The second kappa shape index (κ2) is 3.67. The summed E-state index contributed by atoms with van der Waals surface area (Å²) < 4.78 is 3.09. The Hall–Kier alpha value is -1.68. The largest absolute Gasteiger partial charge is 0.275 e. The number of benzene rings is 1. The lowest BCUT2D eigenvalue weighted by atomic mass is 10.1. The highest BCUT2D eigenvalue weighted by molar-refractivity contribution is 7.18. The molecule has 0 saturated heterocycles. The fourth-order valence-corrected chi connectivity index (χ4v) is 2.96. The van der Waals surface area contributed by atoms with Crippen LogP contribution in [0.1, 0.15) is 10.7 Å². The molecule has 0 aliphatic heterocycles. The van der Waals surface area contributed by atoms with Gasteiger partial charge in [-0.1, -0.05) is 6.07 Å². The molecule has 0 radical (unpaired) electrons. The van der Waals surface area contributed by atoms with E-state index in [4.69, 9.17) is 0 Å². The molecule has 1 aromatic carbocycles. The molecule has 0 spiro atoms. The van der Waals surface area contributed by atoms with Crippen LogP contribution in [0, 0.1) is 13.8 Å². The van der Waals surface area contributed by atoms with Crippen molar-refractivity contribution in [2.24, 2.45) is 7.05 Å². The summed E-state index contributed by atoms with van der Waals surface area (Å²) in [5.74, 6) is 0. The number of hydrogen-bond donors (Lipinski definition) is 0. The molecule has 0 saturated carbocycles. The molecule has 86 valence electrons. The van der Waals surface area contributed by atoms with Crippen molar-refractivity contribution >= 4 is 21.6 Å². The summed E-state index contributed by atoms with van der Waals surface area (Å²) in [5, 5.41) is 5.49. The third kappa shape index (κ3) is 1.74. The Morgan fingerprint density at radius 3 is 2.76 bits per heavy atom. The molecule has 0 aliphatic rings. The Morgan fingerprint density at radius 1 is 1.24 bits per heavy atom. The first kappa shape index (κ1) is 10.5. The minimum absolute atomic E-state index is 1.06. The number of rotatable bonds is 1. The zero-order valence-corrected chi connectivity index (χ0v) is 10.9. The maximum atomic E-state index is 4.47. The van der Waals surface area contributed by atoms with Gasteiger partial charge in [0.15, 0.2) is 0 Å². The number of thiazole rings is 1. The lowest BCUT2D eigenvalue weighted by Gasteiger charge is -1.98. The predicted octanol–water partition coefficient (Wildman–Crippen LogP) is 3.31. The maximum absolute atomic E-state index is 4.47. The van der Waals surface area contributed by atoms with Gasteiger partial charge in [0.1, 0.15) is 0 Å². The zero-order valence-electron chi connectivity index (χ0n) is 10.1. The van der Waals surface area contributed by atoms with Crippen LogP contribution in [0.5, 0.6) is 0 Å². The molecule has 0 atom stereocenters. The number of hydrogen-bond acceptors (Lipinski definition) is 3. The summed E-state index contributed by atoms with van der Waals surface area (Å²) in [7, 11) is 1.95. The Bertz CT molecular complexity index is 694. The van der Waals surface area contributed by atoms with E-state index in [0.717, 1.165) is 16.2 Å². The molecule has 17 heavy (non-hydrogen) atoms. The Balaban J connectivity index is 2.20. The van der Waals surface area contributed by atoms with Crippen LogP contribution in [0.2, 0.25) is 0 Å². The lowest BCUT2D eigenvalue weighted by Crippen LogP contribution is -1.86. The summed E-state index contributed by atoms with van der Waals surface area (Å²) in [4.78, 5) is 4.47. The van der Waals surface area contributed by atoms with Gasteiger partial charge in [0.05, 0.1) is 20.9 Å². The average molecular weight is 243 g/mol. The molecule has 2 heterocycles. The summed E-state index contributed by atoms with van der Waals surface area (Å²) >= 11 is 1.74. The fraction of sp³-hybridized carbons (Fsp3) is 0.231. The Kier molecular flexibility index (Phi) is 2.26. The normalized spacial score (nSPS) is 11.2. The van der Waals surface area contributed by atoms with Gasteiger partial charge in [-0.2, -0.15) is 5.10 Å². The molecule has 0 unspecified atom stereocenters. The summed E-state index contributed by atoms with van der Waals surface area (Å²) in [6, 6.07) is 6.40. The summed E-state index contributed by atoms with van der Waals surface area (Å²) in [6.07, 6.45) is 2.06. The summed E-state index contributed by atoms with van der Waals surface area (Å²) in [6.45, 7) is 4.08. The quantitative estimate of drug-likeness (QED) is 0.656. The van der Waals surface area contributed by atoms with Crippen LogP contribution in [0.3, 0.4) is 0 Å². The number of aryl methyl sites for hydroxylation is 3. The standard InChI is InChI=1S/C13H13N3S/c1-8-11(7-16(3)15-8)10-4-5-12-13(6-10)17-9(2)14-12/h4-7H,1-3H3. The number of aromatic nitrogens is 3. The topological polar surface area (TPSA) is 30.7 Å². The molecule has 0 amide bonds. The third-order valence-corrected chi connectivity index (χ3v) is 3.75. The van der Waals surface area contributed by atoms with Crippen LogP contribution >= 0.6 is 11.3 Å². The second-order valence-corrected chi connectivity index (χ2v) is 5.45. The maximum Gasteiger partial charge on any atom is 0.0907 e. The van der Waals surface area contributed by atoms with E-state index in [0.29, 0.717) is 0 Å². The highest BCUT2D eigenvalue weighted by atomic mass is 32.1. The Morgan fingerprint density at radius 2 is 2.06 bits per heavy atom. The van der Waals surface area contributed by atoms with E-state index in [1.54, 1.807) is 11.3 Å². The predicted molar refractivity (Wildman–Crippen MR) is 71.3 cm³/mol. The van der Waals surface area contributed by atoms with Gasteiger partial charge >= 0.3 is 0 Å². The van der Waals surface area contributed by atoms with Gasteiger partial charge in [-0.25, -0.2) is 4.98 Å². The van der Waals surface area contributed by atoms with Crippen LogP contribution in [0.4, 0.5) is 0 Å². The third-order valence-electron chi connectivity index (χ3n) is 2.82.